The number of hydrogen-bond acceptors (Lipinski definition) is 6. The Morgan fingerprint density at radius 2 is 1.79 bits per heavy atom. The van der Waals surface area contributed by atoms with Crippen molar-refractivity contribution in [1.29, 1.82) is 5.26 Å². The minimum Gasteiger partial charge on any atom is -0.357 e. The number of thioether (sulfide) groups is 1. The van der Waals surface area contributed by atoms with Gasteiger partial charge < -0.3 is 4.90 Å². The highest BCUT2D eigenvalue weighted by atomic mass is 32.2. The predicted molar refractivity (Wildman–Crippen MR) is 143 cm³/mol. The van der Waals surface area contributed by atoms with Crippen molar-refractivity contribution in [2.24, 2.45) is 0 Å². The lowest BCUT2D eigenvalue weighted by Gasteiger charge is -2.33. The van der Waals surface area contributed by atoms with Crippen LogP contribution in [0.3, 0.4) is 0 Å². The summed E-state index contributed by atoms with van der Waals surface area (Å²) in [6.45, 7) is 6.26. The molecular formula is C26H34N4O2S2. The Morgan fingerprint density at radius 3 is 2.44 bits per heavy atom. The molecule has 0 aromatic carbocycles. The zero-order valence-corrected chi connectivity index (χ0v) is 21.9. The number of thiocarbonyl (C=S) groups is 1. The molecule has 2 saturated heterocycles. The van der Waals surface area contributed by atoms with Crippen molar-refractivity contribution < 1.29 is 4.79 Å². The molecule has 6 nitrogen and oxygen atoms in total. The van der Waals surface area contributed by atoms with Crippen LogP contribution in [0.15, 0.2) is 9.70 Å². The third-order valence-electron chi connectivity index (χ3n) is 7.28. The maximum absolute atomic E-state index is 13.5. The summed E-state index contributed by atoms with van der Waals surface area (Å²) in [5, 5.41) is 9.84. The molecule has 3 fully saturated rings. The molecule has 0 bridgehead atoms. The Morgan fingerprint density at radius 1 is 1.12 bits per heavy atom. The normalized spacial score (nSPS) is 20.9. The van der Waals surface area contributed by atoms with Crippen LogP contribution in [0.1, 0.15) is 87.8 Å². The second-order valence-electron chi connectivity index (χ2n) is 9.55. The Bertz CT molecular complexity index is 1090. The molecule has 182 valence electrons. The quantitative estimate of drug-likeness (QED) is 0.389. The van der Waals surface area contributed by atoms with E-state index in [9.17, 15) is 14.9 Å². The van der Waals surface area contributed by atoms with Crippen LogP contribution < -0.4 is 10.5 Å². The second kappa shape index (κ2) is 11.1. The molecule has 8 heteroatoms. The van der Waals surface area contributed by atoms with Crippen LogP contribution in [-0.2, 0) is 11.3 Å². The van der Waals surface area contributed by atoms with Crippen molar-refractivity contribution in [2.45, 2.75) is 90.6 Å². The third kappa shape index (κ3) is 4.83. The van der Waals surface area contributed by atoms with E-state index < -0.39 is 0 Å². The van der Waals surface area contributed by atoms with E-state index in [1.165, 1.54) is 24.6 Å². The molecule has 0 atom stereocenters. The monoisotopic (exact) mass is 498 g/mol. The molecule has 4 rings (SSSR count). The number of nitriles is 1. The highest BCUT2D eigenvalue weighted by Crippen LogP contribution is 2.39. The van der Waals surface area contributed by atoms with Crippen molar-refractivity contribution in [3.05, 3.63) is 31.9 Å². The van der Waals surface area contributed by atoms with Crippen LogP contribution in [0.4, 0.5) is 5.82 Å². The number of carbonyl (C=O) groups is 1. The van der Waals surface area contributed by atoms with Crippen molar-refractivity contribution in [3.63, 3.8) is 0 Å². The Kier molecular flexibility index (Phi) is 8.15. The van der Waals surface area contributed by atoms with Crippen molar-refractivity contribution >= 4 is 46.1 Å². The SMILES string of the molecule is CCCCn1c(N2CCCCC2)c(/C=C2\SC(=S)N(C3CCCCC3)C2=O)c(C)c(C#N)c1=O. The molecular weight excluding hydrogens is 464 g/mol. The molecule has 1 saturated carbocycles. The number of aromatic nitrogens is 1. The molecule has 3 heterocycles. The van der Waals surface area contributed by atoms with Crippen LogP contribution in [-0.4, -0.2) is 38.8 Å². The lowest BCUT2D eigenvalue weighted by molar-refractivity contribution is -0.124. The van der Waals surface area contributed by atoms with Crippen LogP contribution in [0.25, 0.3) is 6.08 Å². The van der Waals surface area contributed by atoms with E-state index in [0.29, 0.717) is 21.3 Å². The topological polar surface area (TPSA) is 69.3 Å². The summed E-state index contributed by atoms with van der Waals surface area (Å²) < 4.78 is 2.41. The highest BCUT2D eigenvalue weighted by Gasteiger charge is 2.38. The third-order valence-corrected chi connectivity index (χ3v) is 8.61. The van der Waals surface area contributed by atoms with Gasteiger partial charge in [0.2, 0.25) is 0 Å². The summed E-state index contributed by atoms with van der Waals surface area (Å²) in [6, 6.07) is 2.33. The summed E-state index contributed by atoms with van der Waals surface area (Å²) in [5.74, 6) is 0.827. The zero-order chi connectivity index (χ0) is 24.2. The number of hydrogen-bond donors (Lipinski definition) is 0. The number of piperidine rings is 1. The molecule has 1 aromatic rings. The Labute approximate surface area is 212 Å². The maximum atomic E-state index is 13.5. The van der Waals surface area contributed by atoms with Crippen LogP contribution in [0.2, 0.25) is 0 Å². The first-order valence-corrected chi connectivity index (χ1v) is 13.9. The molecule has 0 N–H and O–H groups in total. The summed E-state index contributed by atoms with van der Waals surface area (Å²) in [7, 11) is 0. The summed E-state index contributed by atoms with van der Waals surface area (Å²) in [4.78, 5) is 31.5. The first-order chi connectivity index (χ1) is 16.5. The van der Waals surface area contributed by atoms with Gasteiger partial charge in [-0.25, -0.2) is 0 Å². The fraction of sp³-hybridized carbons (Fsp3) is 0.615. The first-order valence-electron chi connectivity index (χ1n) is 12.7. The fourth-order valence-corrected chi connectivity index (χ4v) is 6.76. The minimum absolute atomic E-state index is 0.0317. The standard InChI is InChI=1S/C26H34N4O2S2/c1-3-4-15-29-23(28-13-9-6-10-14-28)20(18(2)21(17-27)24(29)31)16-22-25(32)30(26(33)34-22)19-11-7-5-8-12-19/h16,19H,3-15H2,1-2H3/b22-16-. The maximum Gasteiger partial charge on any atom is 0.270 e. The number of anilines is 1. The Balaban J connectivity index is 1.83. The van der Waals surface area contributed by atoms with E-state index in [0.717, 1.165) is 75.8 Å². The Hall–Kier alpha value is -2.11. The van der Waals surface area contributed by atoms with Gasteiger partial charge in [0.25, 0.3) is 11.5 Å². The van der Waals surface area contributed by atoms with E-state index in [1.807, 2.05) is 17.9 Å². The lowest BCUT2D eigenvalue weighted by atomic mass is 9.94. The van der Waals surface area contributed by atoms with E-state index in [4.69, 9.17) is 12.2 Å². The van der Waals surface area contributed by atoms with Gasteiger partial charge in [0.05, 0.1) is 4.91 Å². The average Bonchev–Trinajstić information content (AvgIpc) is 3.13. The smallest absolute Gasteiger partial charge is 0.270 e. The molecule has 0 unspecified atom stereocenters. The van der Waals surface area contributed by atoms with Crippen molar-refractivity contribution in [3.8, 4) is 6.07 Å². The molecule has 1 amide bonds. The lowest BCUT2D eigenvalue weighted by Crippen LogP contribution is -2.39. The molecule has 1 aromatic heterocycles. The van der Waals surface area contributed by atoms with Crippen LogP contribution >= 0.6 is 24.0 Å². The van der Waals surface area contributed by atoms with E-state index in [1.54, 1.807) is 4.57 Å². The number of nitrogens with zero attached hydrogens (tertiary/aromatic N) is 4. The van der Waals surface area contributed by atoms with E-state index in [-0.39, 0.29) is 23.1 Å². The number of carbonyl (C=O) groups excluding carboxylic acids is 1. The predicted octanol–water partition coefficient (Wildman–Crippen LogP) is 5.35. The summed E-state index contributed by atoms with van der Waals surface area (Å²) >= 11 is 7.00. The first kappa shape index (κ1) is 25.0. The highest BCUT2D eigenvalue weighted by molar-refractivity contribution is 8.26. The molecule has 3 aliphatic rings. The largest absolute Gasteiger partial charge is 0.357 e. The van der Waals surface area contributed by atoms with Gasteiger partial charge in [0.15, 0.2) is 0 Å². The average molecular weight is 499 g/mol. The molecule has 0 spiro atoms. The number of amides is 1. The summed E-state index contributed by atoms with van der Waals surface area (Å²) in [5.41, 5.74) is 1.42. The van der Waals surface area contributed by atoms with Crippen molar-refractivity contribution in [1.82, 2.24) is 9.47 Å². The molecule has 0 radical (unpaired) electrons. The van der Waals surface area contributed by atoms with Gasteiger partial charge in [-0.3, -0.25) is 19.1 Å². The number of pyridine rings is 1. The van der Waals surface area contributed by atoms with Gasteiger partial charge in [0.1, 0.15) is 21.8 Å². The van der Waals surface area contributed by atoms with E-state index in [2.05, 4.69) is 17.9 Å². The second-order valence-corrected chi connectivity index (χ2v) is 11.2. The number of unbranched alkanes of at least 4 members (excludes halogenated alkanes) is 1. The number of rotatable bonds is 6. The molecule has 34 heavy (non-hydrogen) atoms. The van der Waals surface area contributed by atoms with Gasteiger partial charge in [0, 0.05) is 31.2 Å². The van der Waals surface area contributed by atoms with Gasteiger partial charge in [-0.2, -0.15) is 5.26 Å². The van der Waals surface area contributed by atoms with Crippen LogP contribution in [0, 0.1) is 18.3 Å². The fourth-order valence-electron chi connectivity index (χ4n) is 5.38. The van der Waals surface area contributed by atoms with Crippen molar-refractivity contribution in [2.75, 3.05) is 18.0 Å². The van der Waals surface area contributed by atoms with Gasteiger partial charge >= 0.3 is 0 Å². The molecule has 1 aliphatic carbocycles. The van der Waals surface area contributed by atoms with Gasteiger partial charge in [-0.15, -0.1) is 0 Å². The van der Waals surface area contributed by atoms with Crippen LogP contribution in [0.5, 0.6) is 0 Å². The zero-order valence-electron chi connectivity index (χ0n) is 20.3. The summed E-state index contributed by atoms with van der Waals surface area (Å²) in [6.07, 6.45) is 12.5. The van der Waals surface area contributed by atoms with Gasteiger partial charge in [-0.05, 0) is 57.1 Å². The minimum atomic E-state index is -0.221. The molecule has 2 aliphatic heterocycles. The van der Waals surface area contributed by atoms with Gasteiger partial charge in [-0.1, -0.05) is 56.6 Å². The van der Waals surface area contributed by atoms with E-state index >= 15 is 0 Å².